The standard InChI is InChI=1S/C11H15Br3N2/c1-8(2)16(5-3-4-12)11-10(14)6-9(13)7-15-11/h6-8H,3-5H2,1-2H3. The van der Waals surface area contributed by atoms with E-state index in [1.54, 1.807) is 0 Å². The number of pyridine rings is 1. The van der Waals surface area contributed by atoms with Crippen molar-refractivity contribution < 1.29 is 0 Å². The van der Waals surface area contributed by atoms with Gasteiger partial charge in [-0.1, -0.05) is 15.9 Å². The van der Waals surface area contributed by atoms with Crippen molar-refractivity contribution in [3.05, 3.63) is 21.2 Å². The minimum Gasteiger partial charge on any atom is -0.353 e. The molecular formula is C11H15Br3N2. The van der Waals surface area contributed by atoms with Crippen molar-refractivity contribution in [2.75, 3.05) is 16.8 Å². The molecular weight excluding hydrogens is 400 g/mol. The van der Waals surface area contributed by atoms with Gasteiger partial charge in [-0.3, -0.25) is 0 Å². The molecule has 90 valence electrons. The zero-order chi connectivity index (χ0) is 12.1. The Morgan fingerprint density at radius 1 is 1.38 bits per heavy atom. The zero-order valence-electron chi connectivity index (χ0n) is 9.38. The first kappa shape index (κ1) is 14.5. The molecule has 0 unspecified atom stereocenters. The average molecular weight is 415 g/mol. The lowest BCUT2D eigenvalue weighted by Crippen LogP contribution is -2.33. The fourth-order valence-electron chi connectivity index (χ4n) is 1.46. The molecule has 5 heteroatoms. The summed E-state index contributed by atoms with van der Waals surface area (Å²) >= 11 is 10.4. The van der Waals surface area contributed by atoms with Crippen LogP contribution in [0.5, 0.6) is 0 Å². The number of alkyl halides is 1. The van der Waals surface area contributed by atoms with Gasteiger partial charge in [-0.2, -0.15) is 0 Å². The Labute approximate surface area is 122 Å². The van der Waals surface area contributed by atoms with Gasteiger partial charge >= 0.3 is 0 Å². The van der Waals surface area contributed by atoms with Crippen LogP contribution in [0.1, 0.15) is 20.3 Å². The van der Waals surface area contributed by atoms with E-state index >= 15 is 0 Å². The van der Waals surface area contributed by atoms with E-state index in [9.17, 15) is 0 Å². The SMILES string of the molecule is CC(C)N(CCCBr)c1ncc(Br)cc1Br. The molecule has 0 saturated carbocycles. The van der Waals surface area contributed by atoms with Gasteiger partial charge in [0.25, 0.3) is 0 Å². The smallest absolute Gasteiger partial charge is 0.143 e. The van der Waals surface area contributed by atoms with Crippen molar-refractivity contribution in [2.45, 2.75) is 26.3 Å². The summed E-state index contributed by atoms with van der Waals surface area (Å²) in [6.07, 6.45) is 2.95. The Morgan fingerprint density at radius 2 is 2.06 bits per heavy atom. The number of halogens is 3. The summed E-state index contributed by atoms with van der Waals surface area (Å²) in [7, 11) is 0. The Balaban J connectivity index is 2.92. The highest BCUT2D eigenvalue weighted by atomic mass is 79.9. The Morgan fingerprint density at radius 3 is 2.56 bits per heavy atom. The molecule has 0 bridgehead atoms. The summed E-state index contributed by atoms with van der Waals surface area (Å²) in [6.45, 7) is 5.38. The molecule has 0 saturated heterocycles. The molecule has 0 aliphatic rings. The number of rotatable bonds is 5. The lowest BCUT2D eigenvalue weighted by molar-refractivity contribution is 0.663. The van der Waals surface area contributed by atoms with Gasteiger partial charge in [-0.25, -0.2) is 4.98 Å². The van der Waals surface area contributed by atoms with Crippen LogP contribution in [0.2, 0.25) is 0 Å². The van der Waals surface area contributed by atoms with Gasteiger partial charge in [0.1, 0.15) is 5.82 Å². The van der Waals surface area contributed by atoms with Gasteiger partial charge < -0.3 is 4.90 Å². The third-order valence-corrected chi connectivity index (χ3v) is 3.79. The third kappa shape index (κ3) is 4.00. The molecule has 0 amide bonds. The Bertz CT molecular complexity index is 342. The van der Waals surface area contributed by atoms with E-state index in [-0.39, 0.29) is 0 Å². The number of hydrogen-bond donors (Lipinski definition) is 0. The fourth-order valence-corrected chi connectivity index (χ4v) is 2.92. The second kappa shape index (κ2) is 6.97. The largest absolute Gasteiger partial charge is 0.353 e. The molecule has 0 spiro atoms. The van der Waals surface area contributed by atoms with E-state index < -0.39 is 0 Å². The van der Waals surface area contributed by atoms with Crippen LogP contribution in [-0.2, 0) is 0 Å². The lowest BCUT2D eigenvalue weighted by atomic mass is 10.3. The van der Waals surface area contributed by atoms with Gasteiger partial charge in [0.15, 0.2) is 0 Å². The minimum absolute atomic E-state index is 0.448. The predicted octanol–water partition coefficient (Wildman–Crippen LogP) is 4.61. The Kier molecular flexibility index (Phi) is 6.29. The maximum Gasteiger partial charge on any atom is 0.143 e. The molecule has 0 aliphatic heterocycles. The Hall–Kier alpha value is 0.390. The van der Waals surface area contributed by atoms with Crippen LogP contribution in [-0.4, -0.2) is 22.9 Å². The molecule has 2 nitrogen and oxygen atoms in total. The number of nitrogens with zero attached hydrogens (tertiary/aromatic N) is 2. The highest BCUT2D eigenvalue weighted by molar-refractivity contribution is 9.11. The molecule has 0 N–H and O–H groups in total. The summed E-state index contributed by atoms with van der Waals surface area (Å²) in [6, 6.07) is 2.48. The van der Waals surface area contributed by atoms with Crippen LogP contribution in [0, 0.1) is 0 Å². The van der Waals surface area contributed by atoms with E-state index in [1.165, 1.54) is 0 Å². The number of aromatic nitrogens is 1. The fraction of sp³-hybridized carbons (Fsp3) is 0.545. The van der Waals surface area contributed by atoms with Crippen LogP contribution in [0.15, 0.2) is 21.2 Å². The molecule has 0 aliphatic carbocycles. The van der Waals surface area contributed by atoms with Crippen LogP contribution in [0.3, 0.4) is 0 Å². The summed E-state index contributed by atoms with van der Waals surface area (Å²) < 4.78 is 2.03. The molecule has 1 heterocycles. The predicted molar refractivity (Wildman–Crippen MR) is 80.5 cm³/mol. The number of anilines is 1. The van der Waals surface area contributed by atoms with Crippen molar-refractivity contribution in [2.24, 2.45) is 0 Å². The molecule has 16 heavy (non-hydrogen) atoms. The van der Waals surface area contributed by atoms with Crippen LogP contribution in [0.4, 0.5) is 5.82 Å². The van der Waals surface area contributed by atoms with Crippen molar-refractivity contribution >= 4 is 53.6 Å². The van der Waals surface area contributed by atoms with Crippen molar-refractivity contribution in [1.29, 1.82) is 0 Å². The quantitative estimate of drug-likeness (QED) is 0.654. The molecule has 0 fully saturated rings. The summed E-state index contributed by atoms with van der Waals surface area (Å²) in [5.74, 6) is 1.01. The topological polar surface area (TPSA) is 16.1 Å². The van der Waals surface area contributed by atoms with Crippen LogP contribution in [0.25, 0.3) is 0 Å². The van der Waals surface area contributed by atoms with Gasteiger partial charge in [0.05, 0.1) is 4.47 Å². The van der Waals surface area contributed by atoms with Gasteiger partial charge in [-0.15, -0.1) is 0 Å². The lowest BCUT2D eigenvalue weighted by Gasteiger charge is -2.28. The monoisotopic (exact) mass is 412 g/mol. The van der Waals surface area contributed by atoms with Crippen LogP contribution >= 0.6 is 47.8 Å². The second-order valence-electron chi connectivity index (χ2n) is 3.79. The van der Waals surface area contributed by atoms with E-state index in [1.807, 2.05) is 12.3 Å². The van der Waals surface area contributed by atoms with Crippen molar-refractivity contribution in [3.8, 4) is 0 Å². The van der Waals surface area contributed by atoms with Gasteiger partial charge in [0.2, 0.25) is 0 Å². The molecule has 0 aromatic carbocycles. The van der Waals surface area contributed by atoms with Gasteiger partial charge in [-0.05, 0) is 58.2 Å². The zero-order valence-corrected chi connectivity index (χ0v) is 14.1. The molecule has 0 atom stereocenters. The average Bonchev–Trinajstić information content (AvgIpc) is 2.20. The molecule has 0 radical (unpaired) electrons. The van der Waals surface area contributed by atoms with Crippen LogP contribution < -0.4 is 4.90 Å². The molecule has 1 aromatic rings. The minimum atomic E-state index is 0.448. The van der Waals surface area contributed by atoms with E-state index in [0.717, 1.165) is 33.1 Å². The maximum atomic E-state index is 4.47. The normalized spacial score (nSPS) is 10.9. The first-order valence-electron chi connectivity index (χ1n) is 5.20. The summed E-state index contributed by atoms with van der Waals surface area (Å²) in [5, 5.41) is 1.02. The van der Waals surface area contributed by atoms with E-state index in [2.05, 4.69) is 71.5 Å². The highest BCUT2D eigenvalue weighted by Gasteiger charge is 2.14. The summed E-state index contributed by atoms with van der Waals surface area (Å²) in [4.78, 5) is 6.77. The van der Waals surface area contributed by atoms with Crippen molar-refractivity contribution in [3.63, 3.8) is 0 Å². The third-order valence-electron chi connectivity index (χ3n) is 2.22. The first-order chi connectivity index (χ1) is 7.56. The molecule has 1 aromatic heterocycles. The van der Waals surface area contributed by atoms with E-state index in [0.29, 0.717) is 6.04 Å². The highest BCUT2D eigenvalue weighted by Crippen LogP contribution is 2.28. The number of hydrogen-bond acceptors (Lipinski definition) is 2. The first-order valence-corrected chi connectivity index (χ1v) is 7.90. The summed E-state index contributed by atoms with van der Waals surface area (Å²) in [5.41, 5.74) is 0. The molecule has 1 rings (SSSR count). The van der Waals surface area contributed by atoms with Crippen molar-refractivity contribution in [1.82, 2.24) is 4.98 Å². The maximum absolute atomic E-state index is 4.47. The van der Waals surface area contributed by atoms with Gasteiger partial charge in [0, 0.05) is 28.6 Å². The van der Waals surface area contributed by atoms with E-state index in [4.69, 9.17) is 0 Å². The second-order valence-corrected chi connectivity index (χ2v) is 6.35.